The standard InChI is InChI=1S/C13H16BrFO2/c14-10-6-11(15)8-12(7-10)17-9-13(16)4-2-1-3-5-13/h6-8,16H,1-5,9H2. The molecule has 1 aliphatic carbocycles. The van der Waals surface area contributed by atoms with Gasteiger partial charge in [0.25, 0.3) is 0 Å². The number of hydrogen-bond acceptors (Lipinski definition) is 2. The van der Waals surface area contributed by atoms with Crippen molar-refractivity contribution in [2.24, 2.45) is 0 Å². The molecule has 1 aromatic carbocycles. The summed E-state index contributed by atoms with van der Waals surface area (Å²) in [5.74, 6) is 0.112. The van der Waals surface area contributed by atoms with Crippen LogP contribution in [0.2, 0.25) is 0 Å². The second-order valence-corrected chi connectivity index (χ2v) is 5.59. The van der Waals surface area contributed by atoms with E-state index in [0.29, 0.717) is 10.2 Å². The largest absolute Gasteiger partial charge is 0.490 e. The molecule has 0 saturated heterocycles. The van der Waals surface area contributed by atoms with E-state index in [0.717, 1.165) is 25.7 Å². The highest BCUT2D eigenvalue weighted by Crippen LogP contribution is 2.29. The third-order valence-corrected chi connectivity index (χ3v) is 3.59. The summed E-state index contributed by atoms with van der Waals surface area (Å²) in [6.45, 7) is 0.239. The summed E-state index contributed by atoms with van der Waals surface area (Å²) in [5, 5.41) is 10.2. The van der Waals surface area contributed by atoms with Gasteiger partial charge in [-0.3, -0.25) is 0 Å². The van der Waals surface area contributed by atoms with Crippen molar-refractivity contribution in [3.8, 4) is 5.75 Å². The molecular formula is C13H16BrFO2. The highest BCUT2D eigenvalue weighted by Gasteiger charge is 2.29. The monoisotopic (exact) mass is 302 g/mol. The van der Waals surface area contributed by atoms with Gasteiger partial charge in [-0.1, -0.05) is 35.2 Å². The predicted octanol–water partition coefficient (Wildman–Crippen LogP) is 3.66. The van der Waals surface area contributed by atoms with E-state index in [2.05, 4.69) is 15.9 Å². The van der Waals surface area contributed by atoms with Crippen LogP contribution in [0, 0.1) is 5.82 Å². The zero-order chi connectivity index (χ0) is 12.3. The van der Waals surface area contributed by atoms with Crippen LogP contribution in [0.5, 0.6) is 5.75 Å². The Kier molecular flexibility index (Phi) is 4.05. The third kappa shape index (κ3) is 3.68. The van der Waals surface area contributed by atoms with Crippen LogP contribution in [-0.4, -0.2) is 17.3 Å². The van der Waals surface area contributed by atoms with E-state index in [4.69, 9.17) is 4.74 Å². The van der Waals surface area contributed by atoms with E-state index in [9.17, 15) is 9.50 Å². The van der Waals surface area contributed by atoms with Gasteiger partial charge in [0.2, 0.25) is 0 Å². The third-order valence-electron chi connectivity index (χ3n) is 3.13. The molecule has 1 aromatic rings. The minimum atomic E-state index is -0.739. The Bertz CT molecular complexity index is 369. The van der Waals surface area contributed by atoms with Gasteiger partial charge < -0.3 is 9.84 Å². The van der Waals surface area contributed by atoms with Gasteiger partial charge in [-0.25, -0.2) is 4.39 Å². The van der Waals surface area contributed by atoms with E-state index < -0.39 is 5.60 Å². The van der Waals surface area contributed by atoms with E-state index in [1.807, 2.05) is 0 Å². The predicted molar refractivity (Wildman–Crippen MR) is 67.6 cm³/mol. The Hall–Kier alpha value is -0.610. The minimum Gasteiger partial charge on any atom is -0.490 e. The molecule has 1 aliphatic rings. The molecule has 0 amide bonds. The zero-order valence-electron chi connectivity index (χ0n) is 9.59. The van der Waals surface area contributed by atoms with Gasteiger partial charge in [0, 0.05) is 10.5 Å². The van der Waals surface area contributed by atoms with Crippen molar-refractivity contribution >= 4 is 15.9 Å². The van der Waals surface area contributed by atoms with E-state index in [1.54, 1.807) is 6.07 Å². The molecule has 2 nitrogen and oxygen atoms in total. The maximum Gasteiger partial charge on any atom is 0.128 e. The van der Waals surface area contributed by atoms with Gasteiger partial charge in [-0.15, -0.1) is 0 Å². The average molecular weight is 303 g/mol. The number of hydrogen-bond donors (Lipinski definition) is 1. The van der Waals surface area contributed by atoms with Gasteiger partial charge in [0.1, 0.15) is 18.2 Å². The Morgan fingerprint density at radius 1 is 1.24 bits per heavy atom. The summed E-state index contributed by atoms with van der Waals surface area (Å²) >= 11 is 3.21. The van der Waals surface area contributed by atoms with E-state index in [1.165, 1.54) is 18.6 Å². The van der Waals surface area contributed by atoms with Crippen LogP contribution < -0.4 is 4.74 Å². The molecule has 0 aromatic heterocycles. The molecule has 0 unspecified atom stereocenters. The summed E-state index contributed by atoms with van der Waals surface area (Å²) in [7, 11) is 0. The lowest BCUT2D eigenvalue weighted by atomic mass is 9.85. The van der Waals surface area contributed by atoms with Crippen LogP contribution in [0.1, 0.15) is 32.1 Å². The topological polar surface area (TPSA) is 29.5 Å². The molecule has 0 heterocycles. The fraction of sp³-hybridized carbons (Fsp3) is 0.538. The molecule has 0 aliphatic heterocycles. The summed E-state index contributed by atoms with van der Waals surface area (Å²) in [5.41, 5.74) is -0.739. The quantitative estimate of drug-likeness (QED) is 0.923. The number of halogens is 2. The van der Waals surface area contributed by atoms with Gasteiger partial charge in [0.15, 0.2) is 0 Å². The van der Waals surface area contributed by atoms with Gasteiger partial charge in [-0.2, -0.15) is 0 Å². The number of benzene rings is 1. The van der Waals surface area contributed by atoms with Crippen LogP contribution in [0.25, 0.3) is 0 Å². The van der Waals surface area contributed by atoms with Crippen LogP contribution >= 0.6 is 15.9 Å². The molecule has 0 bridgehead atoms. The molecule has 0 spiro atoms. The molecule has 4 heteroatoms. The molecular weight excluding hydrogens is 287 g/mol. The van der Waals surface area contributed by atoms with E-state index in [-0.39, 0.29) is 12.4 Å². The van der Waals surface area contributed by atoms with Gasteiger partial charge >= 0.3 is 0 Å². The SMILES string of the molecule is OC1(COc2cc(F)cc(Br)c2)CCCCC1. The first-order valence-electron chi connectivity index (χ1n) is 5.89. The molecule has 1 saturated carbocycles. The Morgan fingerprint density at radius 2 is 1.94 bits per heavy atom. The lowest BCUT2D eigenvalue weighted by molar-refractivity contribution is -0.0339. The summed E-state index contributed by atoms with van der Waals surface area (Å²) < 4.78 is 19.2. The van der Waals surface area contributed by atoms with Crippen molar-refractivity contribution in [3.63, 3.8) is 0 Å². The summed E-state index contributed by atoms with van der Waals surface area (Å²) in [6.07, 6.45) is 4.78. The van der Waals surface area contributed by atoms with Crippen LogP contribution in [-0.2, 0) is 0 Å². The lowest BCUT2D eigenvalue weighted by Gasteiger charge is -2.31. The number of ether oxygens (including phenoxy) is 1. The Labute approximate surface area is 109 Å². The fourth-order valence-corrected chi connectivity index (χ4v) is 2.63. The normalized spacial score (nSPS) is 19.0. The van der Waals surface area contributed by atoms with Crippen molar-refractivity contribution < 1.29 is 14.2 Å². The molecule has 0 radical (unpaired) electrons. The number of rotatable bonds is 3. The summed E-state index contributed by atoms with van der Waals surface area (Å²) in [6, 6.07) is 4.41. The first-order valence-corrected chi connectivity index (χ1v) is 6.68. The van der Waals surface area contributed by atoms with Crippen molar-refractivity contribution in [1.29, 1.82) is 0 Å². The summed E-state index contributed by atoms with van der Waals surface area (Å²) in [4.78, 5) is 0. The fourth-order valence-electron chi connectivity index (χ4n) is 2.18. The maximum absolute atomic E-state index is 13.1. The van der Waals surface area contributed by atoms with Crippen LogP contribution in [0.3, 0.4) is 0 Å². The number of aliphatic hydroxyl groups is 1. The lowest BCUT2D eigenvalue weighted by Crippen LogP contribution is -2.37. The first kappa shape index (κ1) is 12.8. The Balaban J connectivity index is 1.96. The van der Waals surface area contributed by atoms with E-state index >= 15 is 0 Å². The molecule has 1 N–H and O–H groups in total. The minimum absolute atomic E-state index is 0.239. The second-order valence-electron chi connectivity index (χ2n) is 4.68. The molecule has 2 rings (SSSR count). The van der Waals surface area contributed by atoms with Crippen molar-refractivity contribution in [3.05, 3.63) is 28.5 Å². The molecule has 0 atom stereocenters. The van der Waals surface area contributed by atoms with Gasteiger partial charge in [0.05, 0.1) is 5.60 Å². The highest BCUT2D eigenvalue weighted by atomic mass is 79.9. The first-order chi connectivity index (χ1) is 8.07. The maximum atomic E-state index is 13.1. The van der Waals surface area contributed by atoms with Crippen molar-refractivity contribution in [1.82, 2.24) is 0 Å². The zero-order valence-corrected chi connectivity index (χ0v) is 11.2. The highest BCUT2D eigenvalue weighted by molar-refractivity contribution is 9.10. The smallest absolute Gasteiger partial charge is 0.128 e. The van der Waals surface area contributed by atoms with Crippen molar-refractivity contribution in [2.45, 2.75) is 37.7 Å². The molecule has 1 fully saturated rings. The molecule has 17 heavy (non-hydrogen) atoms. The van der Waals surface area contributed by atoms with Crippen molar-refractivity contribution in [2.75, 3.05) is 6.61 Å². The van der Waals surface area contributed by atoms with Crippen LogP contribution in [0.4, 0.5) is 4.39 Å². The van der Waals surface area contributed by atoms with Crippen LogP contribution in [0.15, 0.2) is 22.7 Å². The van der Waals surface area contributed by atoms with Gasteiger partial charge in [-0.05, 0) is 25.0 Å². The second kappa shape index (κ2) is 5.36. The molecule has 94 valence electrons. The average Bonchev–Trinajstić information content (AvgIpc) is 2.26. The Morgan fingerprint density at radius 3 is 2.59 bits per heavy atom.